The molecule has 1 rings (SSSR count). The smallest absolute Gasteiger partial charge is 0.265 e. The standard InChI is InChI=1S/C11H12N4O8/c1-2-11(14(20)21,15(22)23)9(7-12(16)17)8-5-3-4-6-10(8)13(18)19/h3-6,9H,2,7H2,1H3. The van der Waals surface area contributed by atoms with E-state index in [0.717, 1.165) is 19.1 Å². The lowest BCUT2D eigenvalue weighted by Crippen LogP contribution is -2.52. The molecule has 1 atom stereocenters. The summed E-state index contributed by atoms with van der Waals surface area (Å²) in [6.07, 6.45) is -0.669. The molecule has 0 aliphatic heterocycles. The van der Waals surface area contributed by atoms with E-state index in [0.29, 0.717) is 0 Å². The summed E-state index contributed by atoms with van der Waals surface area (Å²) in [4.78, 5) is 40.3. The Morgan fingerprint density at radius 3 is 1.91 bits per heavy atom. The summed E-state index contributed by atoms with van der Waals surface area (Å²) >= 11 is 0. The van der Waals surface area contributed by atoms with E-state index in [1.165, 1.54) is 12.1 Å². The first-order valence-corrected chi connectivity index (χ1v) is 6.32. The fourth-order valence-electron chi connectivity index (χ4n) is 2.42. The first-order valence-electron chi connectivity index (χ1n) is 6.32. The van der Waals surface area contributed by atoms with Crippen molar-refractivity contribution >= 4 is 5.69 Å². The van der Waals surface area contributed by atoms with E-state index in [-0.39, 0.29) is 0 Å². The number of nitro groups is 4. The minimum absolute atomic E-state index is 0.413. The maximum absolute atomic E-state index is 11.3. The first kappa shape index (κ1) is 17.9. The Morgan fingerprint density at radius 2 is 1.52 bits per heavy atom. The summed E-state index contributed by atoms with van der Waals surface area (Å²) in [6, 6.07) is 4.58. The van der Waals surface area contributed by atoms with E-state index in [2.05, 4.69) is 0 Å². The fourth-order valence-corrected chi connectivity index (χ4v) is 2.42. The summed E-state index contributed by atoms with van der Waals surface area (Å²) < 4.78 is 0. The van der Waals surface area contributed by atoms with Crippen molar-refractivity contribution in [2.75, 3.05) is 6.54 Å². The molecule has 12 nitrogen and oxygen atoms in total. The van der Waals surface area contributed by atoms with Gasteiger partial charge >= 0.3 is 5.66 Å². The van der Waals surface area contributed by atoms with Crippen LogP contribution in [-0.2, 0) is 0 Å². The van der Waals surface area contributed by atoms with E-state index in [1.54, 1.807) is 0 Å². The van der Waals surface area contributed by atoms with Crippen molar-refractivity contribution < 1.29 is 19.7 Å². The lowest BCUT2D eigenvalue weighted by Gasteiger charge is -2.22. The predicted octanol–water partition coefficient (Wildman–Crippen LogP) is 1.61. The Balaban J connectivity index is 3.70. The van der Waals surface area contributed by atoms with Gasteiger partial charge in [0.1, 0.15) is 0 Å². The summed E-state index contributed by atoms with van der Waals surface area (Å²) in [7, 11) is 0. The Kier molecular flexibility index (Phi) is 5.22. The van der Waals surface area contributed by atoms with Gasteiger partial charge in [-0.1, -0.05) is 25.1 Å². The van der Waals surface area contributed by atoms with Gasteiger partial charge in [0.15, 0.2) is 5.92 Å². The van der Waals surface area contributed by atoms with E-state index < -0.39 is 55.5 Å². The molecule has 0 spiro atoms. The minimum Gasteiger partial charge on any atom is -0.265 e. The maximum Gasteiger partial charge on any atom is 0.471 e. The first-order chi connectivity index (χ1) is 10.7. The van der Waals surface area contributed by atoms with Crippen LogP contribution in [0.5, 0.6) is 0 Å². The summed E-state index contributed by atoms with van der Waals surface area (Å²) in [5.41, 5.74) is -3.98. The lowest BCUT2D eigenvalue weighted by atomic mass is 9.83. The quantitative estimate of drug-likeness (QED) is 0.393. The molecule has 0 saturated carbocycles. The van der Waals surface area contributed by atoms with Crippen molar-refractivity contribution in [3.63, 3.8) is 0 Å². The second-order valence-corrected chi connectivity index (χ2v) is 4.63. The molecule has 0 bridgehead atoms. The van der Waals surface area contributed by atoms with Gasteiger partial charge in [-0.3, -0.25) is 40.5 Å². The lowest BCUT2D eigenvalue weighted by molar-refractivity contribution is -0.805. The topological polar surface area (TPSA) is 173 Å². The average molecular weight is 328 g/mol. The zero-order valence-electron chi connectivity index (χ0n) is 11.9. The Hall–Kier alpha value is -3.18. The number of para-hydroxylation sites is 1. The molecule has 0 N–H and O–H groups in total. The van der Waals surface area contributed by atoms with Crippen LogP contribution in [0.25, 0.3) is 0 Å². The summed E-state index contributed by atoms with van der Waals surface area (Å²) in [5.74, 6) is -1.89. The molecule has 0 fully saturated rings. The van der Waals surface area contributed by atoms with Crippen LogP contribution in [0, 0.1) is 40.5 Å². The monoisotopic (exact) mass is 328 g/mol. The van der Waals surface area contributed by atoms with Gasteiger partial charge in [0.05, 0.1) is 26.8 Å². The molecule has 0 saturated heterocycles. The summed E-state index contributed by atoms with van der Waals surface area (Å²) in [5, 5.41) is 44.6. The van der Waals surface area contributed by atoms with Crippen molar-refractivity contribution in [1.29, 1.82) is 0 Å². The van der Waals surface area contributed by atoms with E-state index in [1.807, 2.05) is 0 Å². The Bertz CT molecular complexity index is 647. The minimum atomic E-state index is -2.93. The average Bonchev–Trinajstić information content (AvgIpc) is 2.46. The molecule has 124 valence electrons. The van der Waals surface area contributed by atoms with Crippen molar-refractivity contribution in [3.05, 3.63) is 70.3 Å². The highest BCUT2D eigenvalue weighted by atomic mass is 16.7. The Morgan fingerprint density at radius 1 is 1.00 bits per heavy atom. The second-order valence-electron chi connectivity index (χ2n) is 4.63. The van der Waals surface area contributed by atoms with Gasteiger partial charge in [-0.25, -0.2) is 0 Å². The molecular weight excluding hydrogens is 316 g/mol. The van der Waals surface area contributed by atoms with Gasteiger partial charge in [-0.15, -0.1) is 0 Å². The zero-order valence-corrected chi connectivity index (χ0v) is 11.9. The van der Waals surface area contributed by atoms with Crippen LogP contribution < -0.4 is 0 Å². The van der Waals surface area contributed by atoms with Crippen molar-refractivity contribution in [1.82, 2.24) is 0 Å². The van der Waals surface area contributed by atoms with Crippen LogP contribution in [-0.4, -0.2) is 31.9 Å². The maximum atomic E-state index is 11.3. The highest BCUT2D eigenvalue weighted by Crippen LogP contribution is 2.38. The van der Waals surface area contributed by atoms with Gasteiger partial charge in [-0.2, -0.15) is 0 Å². The van der Waals surface area contributed by atoms with Crippen molar-refractivity contribution in [2.45, 2.75) is 24.9 Å². The van der Waals surface area contributed by atoms with Crippen molar-refractivity contribution in [2.24, 2.45) is 0 Å². The number of nitrogens with zero attached hydrogens (tertiary/aromatic N) is 4. The molecule has 1 unspecified atom stereocenters. The van der Waals surface area contributed by atoms with E-state index in [4.69, 9.17) is 0 Å². The molecule has 0 aromatic heterocycles. The molecule has 0 aliphatic carbocycles. The van der Waals surface area contributed by atoms with Crippen LogP contribution in [0.3, 0.4) is 0 Å². The second kappa shape index (κ2) is 6.72. The van der Waals surface area contributed by atoms with E-state index in [9.17, 15) is 40.5 Å². The molecular formula is C11H12N4O8. The van der Waals surface area contributed by atoms with Crippen LogP contribution in [0.1, 0.15) is 24.8 Å². The van der Waals surface area contributed by atoms with Gasteiger partial charge in [0, 0.05) is 11.0 Å². The zero-order chi connectivity index (χ0) is 17.8. The third kappa shape index (κ3) is 3.20. The van der Waals surface area contributed by atoms with Gasteiger partial charge in [-0.05, 0) is 0 Å². The number of rotatable bonds is 8. The normalized spacial score (nSPS) is 12.4. The molecule has 0 amide bonds. The van der Waals surface area contributed by atoms with Crippen LogP contribution in [0.15, 0.2) is 24.3 Å². The van der Waals surface area contributed by atoms with Crippen LogP contribution >= 0.6 is 0 Å². The van der Waals surface area contributed by atoms with Crippen LogP contribution in [0.4, 0.5) is 5.69 Å². The van der Waals surface area contributed by atoms with E-state index >= 15 is 0 Å². The van der Waals surface area contributed by atoms with Crippen LogP contribution in [0.2, 0.25) is 0 Å². The third-order valence-corrected chi connectivity index (χ3v) is 3.55. The van der Waals surface area contributed by atoms with Gasteiger partial charge in [0.2, 0.25) is 6.54 Å². The number of hydrogen-bond acceptors (Lipinski definition) is 8. The molecule has 0 radical (unpaired) electrons. The predicted molar refractivity (Wildman–Crippen MR) is 74.7 cm³/mol. The highest BCUT2D eigenvalue weighted by molar-refractivity contribution is 5.43. The number of benzene rings is 1. The SMILES string of the molecule is CCC(C(C[N+](=O)[O-])c1ccccc1[N+](=O)[O-])([N+](=O)[O-])[N+](=O)[O-]. The molecule has 1 aromatic carbocycles. The number of nitro benzene ring substituents is 1. The molecule has 1 aromatic rings. The fraction of sp³-hybridized carbons (Fsp3) is 0.455. The molecule has 12 heteroatoms. The van der Waals surface area contributed by atoms with Gasteiger partial charge in [0.25, 0.3) is 5.69 Å². The molecule has 23 heavy (non-hydrogen) atoms. The highest BCUT2D eigenvalue weighted by Gasteiger charge is 2.65. The Labute approximate surface area is 128 Å². The summed E-state index contributed by atoms with van der Waals surface area (Å²) in [6.45, 7) is -0.0476. The largest absolute Gasteiger partial charge is 0.471 e. The third-order valence-electron chi connectivity index (χ3n) is 3.55. The molecule has 0 aliphatic rings. The number of hydrogen-bond donors (Lipinski definition) is 0. The van der Waals surface area contributed by atoms with Gasteiger partial charge < -0.3 is 0 Å². The molecule has 0 heterocycles. The van der Waals surface area contributed by atoms with Crippen molar-refractivity contribution in [3.8, 4) is 0 Å².